The zero-order chi connectivity index (χ0) is 48.8. The average molecular weight is 995 g/mol. The molecule has 0 radical (unpaired) electrons. The highest BCUT2D eigenvalue weighted by Crippen LogP contribution is 2.46. The lowest BCUT2D eigenvalue weighted by Gasteiger charge is -2.33. The highest BCUT2D eigenvalue weighted by atomic mass is 35.5. The summed E-state index contributed by atoms with van der Waals surface area (Å²) in [5, 5.41) is 25.2. The van der Waals surface area contributed by atoms with Crippen molar-refractivity contribution in [2.75, 3.05) is 62.1 Å². The lowest BCUT2D eigenvalue weighted by atomic mass is 9.85. The molecule has 360 valence electrons. The van der Waals surface area contributed by atoms with Crippen LogP contribution in [0.25, 0.3) is 32.1 Å². The van der Waals surface area contributed by atoms with Gasteiger partial charge in [0.25, 0.3) is 5.91 Å². The van der Waals surface area contributed by atoms with Crippen molar-refractivity contribution in [2.24, 2.45) is 0 Å². The maximum Gasteiger partial charge on any atom is 0.341 e. The van der Waals surface area contributed by atoms with Gasteiger partial charge in [-0.2, -0.15) is 0 Å². The van der Waals surface area contributed by atoms with Crippen molar-refractivity contribution in [3.8, 4) is 16.2 Å². The molecule has 2 saturated heterocycles. The second-order valence-electron chi connectivity index (χ2n) is 17.0. The van der Waals surface area contributed by atoms with Crippen molar-refractivity contribution in [1.82, 2.24) is 19.6 Å². The molecule has 2 atom stereocenters. The lowest BCUT2D eigenvalue weighted by Crippen LogP contribution is -2.40. The number of piperidine rings is 2. The molecule has 0 bridgehead atoms. The first-order valence-electron chi connectivity index (χ1n) is 22.7. The molecule has 2 amide bonds. The van der Waals surface area contributed by atoms with Crippen LogP contribution in [0.4, 0.5) is 17.3 Å². The highest BCUT2D eigenvalue weighted by molar-refractivity contribution is 7.81. The van der Waals surface area contributed by atoms with Gasteiger partial charge in [-0.15, -0.1) is 11.3 Å². The molecule has 2 aromatic heterocycles. The van der Waals surface area contributed by atoms with E-state index in [-0.39, 0.29) is 52.3 Å². The van der Waals surface area contributed by atoms with E-state index < -0.39 is 29.6 Å². The van der Waals surface area contributed by atoms with E-state index in [2.05, 4.69) is 27.7 Å². The average Bonchev–Trinajstić information content (AvgIpc) is 3.86. The topological polar surface area (TPSA) is 212 Å². The van der Waals surface area contributed by atoms with Gasteiger partial charge in [0.05, 0.1) is 38.9 Å². The molecule has 16 nitrogen and oxygen atoms in total. The molecule has 0 aliphatic carbocycles. The Kier molecular flexibility index (Phi) is 15.6. The summed E-state index contributed by atoms with van der Waals surface area (Å²) in [6.07, 6.45) is 6.89. The van der Waals surface area contributed by atoms with Crippen LogP contribution in [0.1, 0.15) is 75.6 Å². The zero-order valence-corrected chi connectivity index (χ0v) is 40.4. The predicted molar refractivity (Wildman–Crippen MR) is 269 cm³/mol. The summed E-state index contributed by atoms with van der Waals surface area (Å²) in [7, 11) is 1.31. The van der Waals surface area contributed by atoms with Gasteiger partial charge in [-0.05, 0) is 90.4 Å². The van der Waals surface area contributed by atoms with Crippen molar-refractivity contribution in [3.63, 3.8) is 0 Å². The van der Waals surface area contributed by atoms with Crippen LogP contribution in [0.15, 0.2) is 79.0 Å². The van der Waals surface area contributed by atoms with Gasteiger partial charge in [-0.3, -0.25) is 19.3 Å². The number of nitrogens with one attached hydrogen (secondary N) is 2. The van der Waals surface area contributed by atoms with E-state index in [9.17, 15) is 28.2 Å². The molecule has 3 aliphatic heterocycles. The number of hydrogen-bond donors (Lipinski definition) is 4. The third-order valence-corrected chi connectivity index (χ3v) is 16.0. The third kappa shape index (κ3) is 10.5. The summed E-state index contributed by atoms with van der Waals surface area (Å²) in [6, 6.07) is 22.9. The minimum atomic E-state index is -1.24. The molecule has 4 aromatic carbocycles. The molecule has 9 rings (SSSR count). The fraction of sp³-hybridized carbons (Fsp3) is 0.340. The van der Waals surface area contributed by atoms with E-state index in [1.807, 2.05) is 71.2 Å². The number of aliphatic carboxylic acids is 1. The van der Waals surface area contributed by atoms with Gasteiger partial charge in [-0.25, -0.2) is 23.3 Å². The molecule has 4 N–H and O–H groups in total. The van der Waals surface area contributed by atoms with Gasteiger partial charge >= 0.3 is 5.97 Å². The SMILES string of the molecule is CNC(=O)CCC(C=O)N1C(=O)c2cccc3c(C4CCN(c5ncc6ccc(CS(=O)N7CCC(Nc8cccc(-c9sc(C=O)c(OCC(=O)O)c9Cl)c8)CC7)cc6n5)CC4)ccc1c23.CO. The second kappa shape index (κ2) is 22.0. The van der Waals surface area contributed by atoms with Crippen LogP contribution in [0.3, 0.4) is 0 Å². The maximum atomic E-state index is 13.7. The number of aldehydes is 2. The Morgan fingerprint density at radius 2 is 1.77 bits per heavy atom. The molecule has 0 spiro atoms. The van der Waals surface area contributed by atoms with Crippen molar-refractivity contribution < 1.29 is 43.1 Å². The van der Waals surface area contributed by atoms with Crippen molar-refractivity contribution in [1.29, 1.82) is 0 Å². The Balaban J connectivity index is 0.00000317. The Bertz CT molecular complexity index is 2940. The second-order valence-corrected chi connectivity index (χ2v) is 19.8. The predicted octanol–water partition coefficient (Wildman–Crippen LogP) is 7.23. The number of anilines is 3. The van der Waals surface area contributed by atoms with Gasteiger partial charge in [0.2, 0.25) is 11.9 Å². The number of hydrogen-bond acceptors (Lipinski definition) is 13. The quantitative estimate of drug-likeness (QED) is 0.0666. The number of carbonyl (C=O) groups is 5. The number of thiophene rings is 1. The number of halogens is 1. The number of carboxylic acid groups (broad SMARTS) is 1. The van der Waals surface area contributed by atoms with Gasteiger partial charge in [0, 0.05) is 81.0 Å². The van der Waals surface area contributed by atoms with Crippen LogP contribution < -0.4 is 25.2 Å². The van der Waals surface area contributed by atoms with E-state index in [1.54, 1.807) is 11.9 Å². The number of nitrogens with zero attached hydrogens (tertiary/aromatic N) is 5. The minimum Gasteiger partial charge on any atom is -0.479 e. The Labute approximate surface area is 410 Å². The monoisotopic (exact) mass is 993 g/mol. The molecule has 3 aliphatic rings. The van der Waals surface area contributed by atoms with E-state index in [0.717, 1.165) is 102 Å². The number of ether oxygens (including phenoxy) is 1. The molecule has 0 saturated carbocycles. The standard InChI is InChI=1S/C49H48ClN7O8S2.CH4O/c1-51-42(60)13-10-35(25-58)57-40-12-11-36(37-6-3-7-38(44(37)40)48(57)63)30-14-18-55(19-15-30)49-52-24-32-9-8-29(22-39(32)54-49)28-67(64)56-20-16-33(17-21-56)53-34-5-2-4-31(23-34)47-45(50)46(41(26-59)66-47)65-27-43(61)62;1-2/h2-9,11-12,22-26,30,33,35,53H,10,13-21,27-28H2,1H3,(H,51,60)(H,61,62);2H,1H3. The first-order chi connectivity index (χ1) is 33.5. The van der Waals surface area contributed by atoms with Crippen molar-refractivity contribution >= 4 is 103 Å². The Hall–Kier alpha value is -6.31. The normalized spacial score (nSPS) is 16.2. The molecule has 2 unspecified atom stereocenters. The van der Waals surface area contributed by atoms with E-state index >= 15 is 0 Å². The molecule has 19 heteroatoms. The lowest BCUT2D eigenvalue weighted by molar-refractivity contribution is -0.139. The molecule has 2 fully saturated rings. The van der Waals surface area contributed by atoms with E-state index in [1.165, 1.54) is 5.56 Å². The van der Waals surface area contributed by atoms with Crippen LogP contribution in [0, 0.1) is 0 Å². The highest BCUT2D eigenvalue weighted by Gasteiger charge is 2.36. The zero-order valence-electron chi connectivity index (χ0n) is 38.1. The first kappa shape index (κ1) is 49.1. The van der Waals surface area contributed by atoms with Crippen LogP contribution in [-0.4, -0.2) is 118 Å². The fourth-order valence-electron chi connectivity index (χ4n) is 9.44. The van der Waals surface area contributed by atoms with Gasteiger partial charge in [0.15, 0.2) is 18.6 Å². The minimum absolute atomic E-state index is 0.0684. The molecular formula is C50H52ClN7O9S2. The number of carbonyl (C=O) groups excluding carboxylic acids is 4. The van der Waals surface area contributed by atoms with Crippen LogP contribution in [0.2, 0.25) is 5.02 Å². The summed E-state index contributed by atoms with van der Waals surface area (Å²) in [6.45, 7) is 2.19. The van der Waals surface area contributed by atoms with Crippen LogP contribution >= 0.6 is 22.9 Å². The molecule has 69 heavy (non-hydrogen) atoms. The van der Waals surface area contributed by atoms with Crippen molar-refractivity contribution in [2.45, 2.75) is 62.3 Å². The smallest absolute Gasteiger partial charge is 0.341 e. The van der Waals surface area contributed by atoms with E-state index in [4.69, 9.17) is 36.5 Å². The Morgan fingerprint density at radius 1 is 1.00 bits per heavy atom. The van der Waals surface area contributed by atoms with Crippen molar-refractivity contribution in [3.05, 3.63) is 106 Å². The summed E-state index contributed by atoms with van der Waals surface area (Å²) in [5.74, 6) is -0.235. The van der Waals surface area contributed by atoms with Gasteiger partial charge in [0.1, 0.15) is 16.2 Å². The van der Waals surface area contributed by atoms with E-state index in [0.29, 0.717) is 47.2 Å². The number of amides is 2. The molecule has 5 heterocycles. The summed E-state index contributed by atoms with van der Waals surface area (Å²) in [4.78, 5) is 74.9. The number of rotatable bonds is 17. The number of fused-ring (bicyclic) bond motifs is 1. The van der Waals surface area contributed by atoms with Crippen LogP contribution in [0.5, 0.6) is 5.75 Å². The number of aliphatic hydroxyl groups is 1. The number of carboxylic acids is 1. The molecular weight excluding hydrogens is 942 g/mol. The van der Waals surface area contributed by atoms with Gasteiger partial charge in [-0.1, -0.05) is 54.1 Å². The summed E-state index contributed by atoms with van der Waals surface area (Å²) < 4.78 is 21.0. The largest absolute Gasteiger partial charge is 0.479 e. The Morgan fingerprint density at radius 3 is 2.49 bits per heavy atom. The maximum absolute atomic E-state index is 13.7. The summed E-state index contributed by atoms with van der Waals surface area (Å²) in [5.41, 5.74) is 5.83. The number of aliphatic hydroxyl groups excluding tert-OH is 1. The number of aromatic nitrogens is 2. The fourth-order valence-corrected chi connectivity index (χ4v) is 12.1. The number of benzene rings is 4. The summed E-state index contributed by atoms with van der Waals surface area (Å²) >= 11 is 7.71. The first-order valence-corrected chi connectivity index (χ1v) is 25.1. The molecule has 6 aromatic rings. The van der Waals surface area contributed by atoms with Crippen LogP contribution in [-0.2, 0) is 31.1 Å². The third-order valence-electron chi connectivity index (χ3n) is 12.9. The van der Waals surface area contributed by atoms with Gasteiger partial charge < -0.3 is 35.3 Å².